The van der Waals surface area contributed by atoms with Crippen LogP contribution in [0.1, 0.15) is 45.0 Å². The Morgan fingerprint density at radius 2 is 2.23 bits per heavy atom. The van der Waals surface area contributed by atoms with Gasteiger partial charge in [-0.05, 0) is 26.3 Å². The Bertz CT molecular complexity index is 648. The molecule has 2 heterocycles. The van der Waals surface area contributed by atoms with Crippen molar-refractivity contribution < 1.29 is 9.59 Å². The third kappa shape index (κ3) is 5.69. The summed E-state index contributed by atoms with van der Waals surface area (Å²) < 4.78 is 0. The molecular weight excluding hydrogens is 330 g/mol. The van der Waals surface area contributed by atoms with Gasteiger partial charge in [-0.3, -0.25) is 19.6 Å². The zero-order valence-electron chi connectivity index (χ0n) is 16.3. The highest BCUT2D eigenvalue weighted by atomic mass is 16.2. The number of amides is 2. The number of H-pyrrole nitrogens is 1. The number of carbonyl (C=O) groups excluding carboxylic acids is 2. The molecule has 1 atom stereocenters. The van der Waals surface area contributed by atoms with Crippen molar-refractivity contribution >= 4 is 11.8 Å². The maximum Gasteiger partial charge on any atom is 0.237 e. The molecule has 26 heavy (non-hydrogen) atoms. The largest absolute Gasteiger partial charge is 0.353 e. The predicted molar refractivity (Wildman–Crippen MR) is 101 cm³/mol. The quantitative estimate of drug-likeness (QED) is 0.687. The van der Waals surface area contributed by atoms with E-state index in [1.54, 1.807) is 11.9 Å². The van der Waals surface area contributed by atoms with Gasteiger partial charge in [0.1, 0.15) is 0 Å². The van der Waals surface area contributed by atoms with E-state index >= 15 is 0 Å². The summed E-state index contributed by atoms with van der Waals surface area (Å²) in [6.45, 7) is 8.74. The van der Waals surface area contributed by atoms with Crippen molar-refractivity contribution in [2.75, 3.05) is 26.7 Å². The van der Waals surface area contributed by atoms with Gasteiger partial charge in [0.05, 0.1) is 30.4 Å². The first-order valence-electron chi connectivity index (χ1n) is 9.33. The molecule has 0 saturated carbocycles. The third-order valence-electron chi connectivity index (χ3n) is 4.57. The fourth-order valence-corrected chi connectivity index (χ4v) is 3.04. The summed E-state index contributed by atoms with van der Waals surface area (Å²) in [6.07, 6.45) is 4.25. The predicted octanol–water partition coefficient (Wildman–Crippen LogP) is 1.48. The van der Waals surface area contributed by atoms with E-state index < -0.39 is 6.04 Å². The fraction of sp³-hybridized carbons (Fsp3) is 0.632. The van der Waals surface area contributed by atoms with Crippen LogP contribution in [0, 0.1) is 0 Å². The van der Waals surface area contributed by atoms with Crippen LogP contribution in [0.15, 0.2) is 17.7 Å². The summed E-state index contributed by atoms with van der Waals surface area (Å²) in [5.74, 6) is -0.104. The van der Waals surface area contributed by atoms with Gasteiger partial charge in [-0.2, -0.15) is 5.10 Å². The van der Waals surface area contributed by atoms with Gasteiger partial charge in [-0.1, -0.05) is 25.0 Å². The van der Waals surface area contributed by atoms with Crippen molar-refractivity contribution in [1.82, 2.24) is 25.3 Å². The molecule has 2 amide bonds. The van der Waals surface area contributed by atoms with Crippen molar-refractivity contribution in [2.24, 2.45) is 0 Å². The van der Waals surface area contributed by atoms with Crippen molar-refractivity contribution in [1.29, 1.82) is 0 Å². The smallest absolute Gasteiger partial charge is 0.237 e. The Balaban J connectivity index is 1.95. The van der Waals surface area contributed by atoms with E-state index in [9.17, 15) is 9.59 Å². The van der Waals surface area contributed by atoms with E-state index in [0.717, 1.165) is 30.8 Å². The third-order valence-corrected chi connectivity index (χ3v) is 4.57. The second-order valence-corrected chi connectivity index (χ2v) is 7.17. The van der Waals surface area contributed by atoms with Crippen LogP contribution in [0.4, 0.5) is 0 Å². The molecule has 0 aromatic carbocycles. The first-order chi connectivity index (χ1) is 12.4. The lowest BCUT2D eigenvalue weighted by Gasteiger charge is -2.34. The summed E-state index contributed by atoms with van der Waals surface area (Å²) in [5, 5.41) is 10.1. The molecule has 0 unspecified atom stereocenters. The average Bonchev–Trinajstić information content (AvgIpc) is 3.02. The van der Waals surface area contributed by atoms with E-state index in [0.29, 0.717) is 19.6 Å². The summed E-state index contributed by atoms with van der Waals surface area (Å²) in [7, 11) is 1.77. The van der Waals surface area contributed by atoms with E-state index in [4.69, 9.17) is 0 Å². The van der Waals surface area contributed by atoms with Gasteiger partial charge in [0, 0.05) is 26.7 Å². The van der Waals surface area contributed by atoms with Gasteiger partial charge in [0.2, 0.25) is 11.8 Å². The van der Waals surface area contributed by atoms with Gasteiger partial charge in [-0.25, -0.2) is 0 Å². The number of nitrogens with one attached hydrogen (secondary N) is 2. The first kappa shape index (κ1) is 20.2. The number of aromatic nitrogens is 2. The summed E-state index contributed by atoms with van der Waals surface area (Å²) >= 11 is 0. The minimum atomic E-state index is -0.410. The number of hydrogen-bond donors (Lipinski definition) is 2. The number of carbonyl (C=O) groups is 2. The molecule has 1 aromatic heterocycles. The minimum absolute atomic E-state index is 0.0408. The molecule has 1 saturated heterocycles. The van der Waals surface area contributed by atoms with E-state index in [2.05, 4.69) is 33.4 Å². The molecule has 0 spiro atoms. The standard InChI is InChI=1S/C19H31N5O2/c1-5-6-15-11-16(22-21-15)13-23(4)18(25)12-17-19(26)20-8-10-24(17)9-7-14(2)3/h7,11,17H,5-6,8-10,12-13H2,1-4H3,(H,20,26)(H,21,22)/t17-/m1/s1. The van der Waals surface area contributed by atoms with Crippen molar-refractivity contribution in [3.63, 3.8) is 0 Å². The molecular formula is C19H31N5O2. The first-order valence-corrected chi connectivity index (χ1v) is 9.33. The second kappa shape index (κ2) is 9.52. The van der Waals surface area contributed by atoms with Gasteiger partial charge in [0.15, 0.2) is 0 Å². The zero-order valence-corrected chi connectivity index (χ0v) is 16.3. The number of hydrogen-bond acceptors (Lipinski definition) is 4. The Hall–Kier alpha value is -2.15. The number of nitrogens with zero attached hydrogens (tertiary/aromatic N) is 3. The number of aromatic amines is 1. The Kier molecular flexibility index (Phi) is 7.38. The lowest BCUT2D eigenvalue weighted by atomic mass is 10.1. The highest BCUT2D eigenvalue weighted by Crippen LogP contribution is 2.13. The van der Waals surface area contributed by atoms with Crippen LogP contribution in [0.3, 0.4) is 0 Å². The van der Waals surface area contributed by atoms with Crippen LogP contribution in [-0.2, 0) is 22.6 Å². The van der Waals surface area contributed by atoms with Crippen LogP contribution in [-0.4, -0.2) is 64.5 Å². The van der Waals surface area contributed by atoms with Crippen molar-refractivity contribution in [3.05, 3.63) is 29.1 Å². The van der Waals surface area contributed by atoms with Crippen LogP contribution in [0.2, 0.25) is 0 Å². The molecule has 1 aromatic rings. The van der Waals surface area contributed by atoms with Gasteiger partial charge in [0.25, 0.3) is 0 Å². The molecule has 2 N–H and O–H groups in total. The molecule has 1 aliphatic rings. The molecule has 0 bridgehead atoms. The number of piperazine rings is 1. The molecule has 0 aliphatic carbocycles. The molecule has 1 fully saturated rings. The lowest BCUT2D eigenvalue weighted by molar-refractivity contribution is -0.138. The Labute approximate surface area is 155 Å². The summed E-state index contributed by atoms with van der Waals surface area (Å²) in [4.78, 5) is 28.7. The Morgan fingerprint density at radius 1 is 1.46 bits per heavy atom. The zero-order chi connectivity index (χ0) is 19.1. The van der Waals surface area contributed by atoms with Crippen LogP contribution in [0.25, 0.3) is 0 Å². The van der Waals surface area contributed by atoms with Gasteiger partial charge >= 0.3 is 0 Å². The highest BCUT2D eigenvalue weighted by Gasteiger charge is 2.31. The van der Waals surface area contributed by atoms with Crippen LogP contribution >= 0.6 is 0 Å². The second-order valence-electron chi connectivity index (χ2n) is 7.17. The number of rotatable bonds is 8. The molecule has 0 radical (unpaired) electrons. The van der Waals surface area contributed by atoms with Crippen molar-refractivity contribution in [2.45, 2.75) is 52.6 Å². The van der Waals surface area contributed by atoms with E-state index in [1.165, 1.54) is 5.57 Å². The normalized spacial score (nSPS) is 17.7. The maximum atomic E-state index is 12.6. The molecule has 7 nitrogen and oxygen atoms in total. The lowest BCUT2D eigenvalue weighted by Crippen LogP contribution is -2.56. The summed E-state index contributed by atoms with van der Waals surface area (Å²) in [6, 6.07) is 1.59. The minimum Gasteiger partial charge on any atom is -0.353 e. The van der Waals surface area contributed by atoms with E-state index in [1.807, 2.05) is 19.9 Å². The SMILES string of the molecule is CCCc1cc(CN(C)C(=O)C[C@@H]2C(=O)NCCN2CC=C(C)C)[nH]n1. The van der Waals surface area contributed by atoms with Gasteiger partial charge in [-0.15, -0.1) is 0 Å². The monoisotopic (exact) mass is 361 g/mol. The fourth-order valence-electron chi connectivity index (χ4n) is 3.04. The van der Waals surface area contributed by atoms with Crippen molar-refractivity contribution in [3.8, 4) is 0 Å². The average molecular weight is 361 g/mol. The molecule has 7 heteroatoms. The van der Waals surface area contributed by atoms with E-state index in [-0.39, 0.29) is 18.2 Å². The van der Waals surface area contributed by atoms with Crippen LogP contribution < -0.4 is 5.32 Å². The molecule has 2 rings (SSSR count). The van der Waals surface area contributed by atoms with Crippen LogP contribution in [0.5, 0.6) is 0 Å². The topological polar surface area (TPSA) is 81.3 Å². The number of aryl methyl sites for hydroxylation is 1. The molecule has 1 aliphatic heterocycles. The summed E-state index contributed by atoms with van der Waals surface area (Å²) in [5.41, 5.74) is 3.14. The van der Waals surface area contributed by atoms with Gasteiger partial charge < -0.3 is 10.2 Å². The molecule has 144 valence electrons. The Morgan fingerprint density at radius 3 is 2.92 bits per heavy atom. The number of allylic oxidation sites excluding steroid dienone is 1. The highest BCUT2D eigenvalue weighted by molar-refractivity contribution is 5.88. The maximum absolute atomic E-state index is 12.6.